The molecule has 0 saturated heterocycles. The molecule has 4 nitrogen and oxygen atoms in total. The molecule has 0 aliphatic rings. The van der Waals surface area contributed by atoms with E-state index in [4.69, 9.17) is 0 Å². The molecule has 0 amide bonds. The van der Waals surface area contributed by atoms with Gasteiger partial charge in [-0.2, -0.15) is 0 Å². The van der Waals surface area contributed by atoms with Gasteiger partial charge in [-0.05, 0) is 49.9 Å². The Bertz CT molecular complexity index is 387. The van der Waals surface area contributed by atoms with Crippen molar-refractivity contribution in [2.75, 3.05) is 20.6 Å². The summed E-state index contributed by atoms with van der Waals surface area (Å²) in [5.41, 5.74) is 0.741. The lowest BCUT2D eigenvalue weighted by atomic mass is 10.4. The zero-order valence-corrected chi connectivity index (χ0v) is 10.9. The minimum Gasteiger partial charge on any atom is -0.309 e. The maximum atomic E-state index is 11.7. The van der Waals surface area contributed by atoms with Gasteiger partial charge in [-0.3, -0.25) is 9.36 Å². The number of halogens is 1. The van der Waals surface area contributed by atoms with E-state index in [2.05, 4.69) is 25.8 Å². The van der Waals surface area contributed by atoms with Crippen LogP contribution in [0.5, 0.6) is 0 Å². The average Bonchev–Trinajstić information content (AvgIpc) is 2.18. The summed E-state index contributed by atoms with van der Waals surface area (Å²) in [5, 5.41) is 0. The van der Waals surface area contributed by atoms with Crippen molar-refractivity contribution >= 4 is 15.9 Å². The molecule has 1 rings (SSSR count). The van der Waals surface area contributed by atoms with Crippen LogP contribution in [0.15, 0.2) is 15.6 Å². The van der Waals surface area contributed by atoms with E-state index in [9.17, 15) is 4.79 Å². The van der Waals surface area contributed by atoms with Crippen LogP contribution in [0.3, 0.4) is 0 Å². The summed E-state index contributed by atoms with van der Waals surface area (Å²) < 4.78 is 2.20. The fourth-order valence-electron chi connectivity index (χ4n) is 1.26. The number of hydrogen-bond acceptors (Lipinski definition) is 3. The van der Waals surface area contributed by atoms with Crippen molar-refractivity contribution in [2.45, 2.75) is 19.9 Å². The van der Waals surface area contributed by atoms with Crippen LogP contribution in [0.2, 0.25) is 0 Å². The molecule has 15 heavy (non-hydrogen) atoms. The normalized spacial score (nSPS) is 11.0. The molecule has 0 saturated carbocycles. The maximum Gasteiger partial charge on any atom is 0.267 e. The molecule has 1 heterocycles. The average molecular weight is 274 g/mol. The fraction of sp³-hybridized carbons (Fsp3) is 0.600. The largest absolute Gasteiger partial charge is 0.309 e. The summed E-state index contributed by atoms with van der Waals surface area (Å²) in [4.78, 5) is 18.0. The third-order valence-corrected chi connectivity index (χ3v) is 3.07. The summed E-state index contributed by atoms with van der Waals surface area (Å²) in [5.74, 6) is 0. The highest BCUT2D eigenvalue weighted by Crippen LogP contribution is 2.06. The van der Waals surface area contributed by atoms with Crippen LogP contribution in [0.1, 0.15) is 12.1 Å². The molecule has 0 aliphatic heterocycles. The molecule has 0 radical (unpaired) electrons. The zero-order valence-electron chi connectivity index (χ0n) is 9.33. The van der Waals surface area contributed by atoms with Crippen LogP contribution in [-0.2, 0) is 6.54 Å². The van der Waals surface area contributed by atoms with Gasteiger partial charge in [0.25, 0.3) is 5.56 Å². The van der Waals surface area contributed by atoms with Crippen molar-refractivity contribution in [1.29, 1.82) is 0 Å². The molecule has 84 valence electrons. The lowest BCUT2D eigenvalue weighted by Gasteiger charge is -2.10. The molecule has 0 aliphatic carbocycles. The minimum absolute atomic E-state index is 0.00116. The van der Waals surface area contributed by atoms with Gasteiger partial charge < -0.3 is 4.90 Å². The first kappa shape index (κ1) is 12.4. The summed E-state index contributed by atoms with van der Waals surface area (Å²) in [7, 11) is 4.04. The molecule has 0 spiro atoms. The summed E-state index contributed by atoms with van der Waals surface area (Å²) in [6.07, 6.45) is 2.56. The summed E-state index contributed by atoms with van der Waals surface area (Å²) in [6, 6.07) is 0. The molecule has 0 aromatic carbocycles. The van der Waals surface area contributed by atoms with Gasteiger partial charge in [0, 0.05) is 6.54 Å². The van der Waals surface area contributed by atoms with E-state index in [-0.39, 0.29) is 5.56 Å². The zero-order chi connectivity index (χ0) is 11.4. The Morgan fingerprint density at radius 1 is 1.53 bits per heavy atom. The second-order valence-electron chi connectivity index (χ2n) is 3.80. The molecule has 0 N–H and O–H groups in total. The predicted octanol–water partition coefficient (Wildman–Crippen LogP) is 1.27. The Morgan fingerprint density at radius 2 is 2.20 bits per heavy atom. The first-order chi connectivity index (χ1) is 7.02. The highest BCUT2D eigenvalue weighted by atomic mass is 79.9. The fourth-order valence-corrected chi connectivity index (χ4v) is 1.59. The van der Waals surface area contributed by atoms with Crippen LogP contribution in [0.25, 0.3) is 0 Å². The molecule has 0 bridgehead atoms. The van der Waals surface area contributed by atoms with Gasteiger partial charge in [-0.25, -0.2) is 4.98 Å². The van der Waals surface area contributed by atoms with Crippen molar-refractivity contribution in [3.05, 3.63) is 26.8 Å². The second kappa shape index (κ2) is 5.42. The molecule has 1 aromatic rings. The number of hydrogen-bond donors (Lipinski definition) is 0. The molecular formula is C10H16BrN3O. The van der Waals surface area contributed by atoms with Crippen LogP contribution in [0, 0.1) is 6.92 Å². The number of rotatable bonds is 4. The summed E-state index contributed by atoms with van der Waals surface area (Å²) in [6.45, 7) is 3.50. The monoisotopic (exact) mass is 273 g/mol. The Kier molecular flexibility index (Phi) is 4.47. The van der Waals surface area contributed by atoms with E-state index in [0.717, 1.165) is 18.7 Å². The number of aromatic nitrogens is 2. The molecule has 0 fully saturated rings. The Morgan fingerprint density at radius 3 is 2.80 bits per heavy atom. The predicted molar refractivity (Wildman–Crippen MR) is 64.1 cm³/mol. The van der Waals surface area contributed by atoms with E-state index >= 15 is 0 Å². The van der Waals surface area contributed by atoms with E-state index in [0.29, 0.717) is 11.0 Å². The SMILES string of the molecule is Cc1ncn(CCCN(C)C)c(=O)c1Br. The van der Waals surface area contributed by atoms with Crippen molar-refractivity contribution in [1.82, 2.24) is 14.5 Å². The second-order valence-corrected chi connectivity index (χ2v) is 4.59. The number of nitrogens with zero attached hydrogens (tertiary/aromatic N) is 3. The van der Waals surface area contributed by atoms with Gasteiger partial charge in [0.05, 0.1) is 12.0 Å². The van der Waals surface area contributed by atoms with Crippen molar-refractivity contribution in [3.8, 4) is 0 Å². The Hall–Kier alpha value is -0.680. The molecule has 1 aromatic heterocycles. The molecule has 0 unspecified atom stereocenters. The van der Waals surface area contributed by atoms with Crippen LogP contribution >= 0.6 is 15.9 Å². The third kappa shape index (κ3) is 3.43. The quantitative estimate of drug-likeness (QED) is 0.829. The number of aryl methyl sites for hydroxylation is 2. The minimum atomic E-state index is 0.00116. The van der Waals surface area contributed by atoms with Gasteiger partial charge in [-0.1, -0.05) is 0 Å². The first-order valence-electron chi connectivity index (χ1n) is 4.88. The van der Waals surface area contributed by atoms with E-state index in [1.54, 1.807) is 10.9 Å². The van der Waals surface area contributed by atoms with E-state index in [1.165, 1.54) is 0 Å². The topological polar surface area (TPSA) is 38.1 Å². The molecular weight excluding hydrogens is 258 g/mol. The summed E-state index contributed by atoms with van der Waals surface area (Å²) >= 11 is 3.24. The van der Waals surface area contributed by atoms with Gasteiger partial charge in [0.1, 0.15) is 4.47 Å². The maximum absolute atomic E-state index is 11.7. The van der Waals surface area contributed by atoms with Gasteiger partial charge in [0.2, 0.25) is 0 Å². The van der Waals surface area contributed by atoms with Crippen LogP contribution in [0.4, 0.5) is 0 Å². The van der Waals surface area contributed by atoms with Crippen LogP contribution in [-0.4, -0.2) is 35.1 Å². The van der Waals surface area contributed by atoms with Gasteiger partial charge >= 0.3 is 0 Å². The van der Waals surface area contributed by atoms with Crippen LogP contribution < -0.4 is 5.56 Å². The Labute approximate surface area is 98.1 Å². The highest BCUT2D eigenvalue weighted by molar-refractivity contribution is 9.10. The standard InChI is InChI=1S/C10H16BrN3O/c1-8-9(11)10(15)14(7-12-8)6-4-5-13(2)3/h7H,4-6H2,1-3H3. The van der Waals surface area contributed by atoms with Crippen molar-refractivity contribution < 1.29 is 0 Å². The molecule has 5 heteroatoms. The van der Waals surface area contributed by atoms with Crippen molar-refractivity contribution in [2.24, 2.45) is 0 Å². The highest BCUT2D eigenvalue weighted by Gasteiger charge is 2.04. The first-order valence-corrected chi connectivity index (χ1v) is 5.68. The lowest BCUT2D eigenvalue weighted by molar-refractivity contribution is 0.384. The van der Waals surface area contributed by atoms with E-state index < -0.39 is 0 Å². The lowest BCUT2D eigenvalue weighted by Crippen LogP contribution is -2.24. The Balaban J connectivity index is 2.71. The van der Waals surface area contributed by atoms with Crippen molar-refractivity contribution in [3.63, 3.8) is 0 Å². The van der Waals surface area contributed by atoms with E-state index in [1.807, 2.05) is 21.0 Å². The smallest absolute Gasteiger partial charge is 0.267 e. The van der Waals surface area contributed by atoms with Gasteiger partial charge in [-0.15, -0.1) is 0 Å². The third-order valence-electron chi connectivity index (χ3n) is 2.16. The molecule has 0 atom stereocenters. The van der Waals surface area contributed by atoms with Gasteiger partial charge in [0.15, 0.2) is 0 Å².